The standard InChI is InChI=1S/C44H67N2O4S/c1-27(2)31-14-19-44(46-23-22-45-25-35-32-24-30(32)26-51(35,49)50)21-20-42(6)34(38(31)44)12-13-37-41(5)17-15-33(28-8-10-29(11-9-28)39(47)48)40(3,4)36(41)16-18-43(37,42)7/h8-11,27,30-38,46H,12-26H2,1-7H3,(H,47,48)/q-1/t30?,31-,32?,33-,34+,35+,36-,37+,38+,41-,42+,43+,44?/m0/s1. The molecular formula is C44H67N2O4S-. The molecule has 7 heteroatoms. The van der Waals surface area contributed by atoms with E-state index in [1.165, 1.54) is 69.8 Å². The first-order valence-electron chi connectivity index (χ1n) is 20.9. The van der Waals surface area contributed by atoms with Crippen LogP contribution in [0.25, 0.3) is 5.32 Å². The summed E-state index contributed by atoms with van der Waals surface area (Å²) in [6.07, 6.45) is 14.0. The maximum atomic E-state index is 12.6. The molecule has 6 saturated carbocycles. The van der Waals surface area contributed by atoms with Gasteiger partial charge in [0.05, 0.1) is 11.3 Å². The fourth-order valence-corrected chi connectivity index (χ4v) is 18.0. The molecule has 13 atom stereocenters. The minimum absolute atomic E-state index is 0.157. The number of carboxylic acids is 1. The van der Waals surface area contributed by atoms with Crippen LogP contribution in [-0.4, -0.2) is 55.7 Å². The lowest BCUT2D eigenvalue weighted by atomic mass is 9.32. The topological polar surface area (TPSA) is 97.6 Å². The second kappa shape index (κ2) is 12.3. The first kappa shape index (κ1) is 36.5. The fourth-order valence-electron chi connectivity index (χ4n) is 15.6. The molecule has 1 aliphatic heterocycles. The lowest BCUT2D eigenvalue weighted by Crippen LogP contribution is -2.68. The van der Waals surface area contributed by atoms with Crippen molar-refractivity contribution in [1.29, 1.82) is 0 Å². The van der Waals surface area contributed by atoms with Gasteiger partial charge in [-0.25, -0.2) is 13.2 Å². The van der Waals surface area contributed by atoms with Crippen LogP contribution in [0.1, 0.15) is 141 Å². The van der Waals surface area contributed by atoms with Gasteiger partial charge in [-0.2, -0.15) is 0 Å². The van der Waals surface area contributed by atoms with Crippen molar-refractivity contribution in [3.05, 3.63) is 40.7 Å². The summed E-state index contributed by atoms with van der Waals surface area (Å²) in [6.45, 7) is 20.3. The van der Waals surface area contributed by atoms with E-state index in [2.05, 4.69) is 65.9 Å². The minimum Gasteiger partial charge on any atom is -0.660 e. The van der Waals surface area contributed by atoms with Gasteiger partial charge in [0.25, 0.3) is 0 Å². The van der Waals surface area contributed by atoms with Crippen LogP contribution in [0, 0.1) is 69.0 Å². The van der Waals surface area contributed by atoms with Crippen molar-refractivity contribution >= 4 is 15.8 Å². The van der Waals surface area contributed by atoms with Crippen molar-refractivity contribution in [2.75, 3.05) is 25.4 Å². The van der Waals surface area contributed by atoms with E-state index in [1.54, 1.807) is 0 Å². The summed E-state index contributed by atoms with van der Waals surface area (Å²) in [5.74, 6) is 5.10. The van der Waals surface area contributed by atoms with Gasteiger partial charge in [0.2, 0.25) is 0 Å². The highest BCUT2D eigenvalue weighted by Crippen LogP contribution is 2.77. The first-order chi connectivity index (χ1) is 24.0. The SMILES string of the molecule is CC(C)[C@@H]1CCC2(NCC[N-]C[C@@H]3C4CC4CS3(=O)=O)CC[C@]3(C)[C@H](CC[C@@H]4[C@@]5(C)CC[C@@H](c6ccc(C(=O)O)cc6)C(C)(C)[C@@H]5CC[C@]43C)[C@@H]12. The van der Waals surface area contributed by atoms with Gasteiger partial charge in [0.1, 0.15) is 0 Å². The molecule has 1 aromatic rings. The molecule has 1 heterocycles. The van der Waals surface area contributed by atoms with Gasteiger partial charge >= 0.3 is 5.97 Å². The summed E-state index contributed by atoms with van der Waals surface area (Å²) >= 11 is 0. The molecule has 51 heavy (non-hydrogen) atoms. The maximum Gasteiger partial charge on any atom is 0.335 e. The zero-order chi connectivity index (χ0) is 36.4. The van der Waals surface area contributed by atoms with Crippen LogP contribution >= 0.6 is 0 Å². The average Bonchev–Trinajstić information content (AvgIpc) is 3.59. The van der Waals surface area contributed by atoms with Crippen LogP contribution < -0.4 is 5.32 Å². The van der Waals surface area contributed by atoms with Crippen LogP contribution in [0.4, 0.5) is 0 Å². The van der Waals surface area contributed by atoms with Crippen molar-refractivity contribution < 1.29 is 18.3 Å². The Morgan fingerprint density at radius 2 is 1.65 bits per heavy atom. The van der Waals surface area contributed by atoms with Crippen molar-refractivity contribution in [1.82, 2.24) is 5.32 Å². The van der Waals surface area contributed by atoms with Gasteiger partial charge in [0.15, 0.2) is 9.84 Å². The predicted molar refractivity (Wildman–Crippen MR) is 206 cm³/mol. The number of aromatic carboxylic acids is 1. The Bertz CT molecular complexity index is 1620. The van der Waals surface area contributed by atoms with Crippen LogP contribution in [0.3, 0.4) is 0 Å². The molecule has 6 aliphatic carbocycles. The Kier molecular flexibility index (Phi) is 8.80. The van der Waals surface area contributed by atoms with E-state index in [4.69, 9.17) is 5.32 Å². The smallest absolute Gasteiger partial charge is 0.335 e. The number of nitrogens with zero attached hydrogens (tertiary/aromatic N) is 1. The van der Waals surface area contributed by atoms with Gasteiger partial charge in [-0.3, -0.25) is 0 Å². The predicted octanol–water partition coefficient (Wildman–Crippen LogP) is 9.35. The van der Waals surface area contributed by atoms with E-state index in [0.29, 0.717) is 69.6 Å². The van der Waals surface area contributed by atoms with Crippen LogP contribution in [0.5, 0.6) is 0 Å². The second-order valence-corrected chi connectivity index (χ2v) is 23.0. The van der Waals surface area contributed by atoms with E-state index >= 15 is 0 Å². The molecule has 0 bridgehead atoms. The molecule has 6 nitrogen and oxygen atoms in total. The molecule has 7 aliphatic rings. The van der Waals surface area contributed by atoms with E-state index in [-0.39, 0.29) is 16.2 Å². The summed E-state index contributed by atoms with van der Waals surface area (Å²) in [7, 11) is -2.93. The molecular weight excluding hydrogens is 653 g/mol. The Morgan fingerprint density at radius 3 is 2.31 bits per heavy atom. The number of nitrogens with one attached hydrogen (secondary N) is 1. The van der Waals surface area contributed by atoms with Gasteiger partial charge in [-0.05, 0) is 170 Å². The monoisotopic (exact) mass is 719 g/mol. The highest BCUT2D eigenvalue weighted by Gasteiger charge is 2.71. The molecule has 3 unspecified atom stereocenters. The second-order valence-electron chi connectivity index (χ2n) is 20.7. The van der Waals surface area contributed by atoms with Crippen molar-refractivity contribution in [3.8, 4) is 0 Å². The molecule has 0 amide bonds. The zero-order valence-electron chi connectivity index (χ0n) is 32.7. The third kappa shape index (κ3) is 5.40. The van der Waals surface area contributed by atoms with Crippen LogP contribution in [-0.2, 0) is 9.84 Å². The largest absolute Gasteiger partial charge is 0.660 e. The normalized spacial score (nSPS) is 47.5. The third-order valence-electron chi connectivity index (χ3n) is 18.4. The number of carbonyl (C=O) groups is 1. The van der Waals surface area contributed by atoms with Crippen molar-refractivity contribution in [2.45, 2.75) is 136 Å². The number of carboxylic acid groups (broad SMARTS) is 1. The van der Waals surface area contributed by atoms with E-state index in [1.807, 2.05) is 12.1 Å². The Labute approximate surface area is 309 Å². The van der Waals surface area contributed by atoms with Gasteiger partial charge in [-0.15, -0.1) is 13.1 Å². The highest BCUT2D eigenvalue weighted by molar-refractivity contribution is 7.92. The number of hydrogen-bond acceptors (Lipinski definition) is 4. The third-order valence-corrected chi connectivity index (χ3v) is 20.7. The van der Waals surface area contributed by atoms with Crippen molar-refractivity contribution in [3.63, 3.8) is 0 Å². The summed E-state index contributed by atoms with van der Waals surface area (Å²) < 4.78 is 25.2. The molecule has 7 fully saturated rings. The van der Waals surface area contributed by atoms with Gasteiger partial charge in [-0.1, -0.05) is 60.6 Å². The van der Waals surface area contributed by atoms with E-state index in [9.17, 15) is 18.3 Å². The lowest BCUT2D eigenvalue weighted by Gasteiger charge is -2.73. The van der Waals surface area contributed by atoms with Crippen LogP contribution in [0.2, 0.25) is 0 Å². The van der Waals surface area contributed by atoms with E-state index < -0.39 is 15.8 Å². The zero-order valence-corrected chi connectivity index (χ0v) is 33.5. The number of hydrogen-bond donors (Lipinski definition) is 2. The lowest BCUT2D eigenvalue weighted by molar-refractivity contribution is -0.235. The Hall–Kier alpha value is -1.44. The quantitative estimate of drug-likeness (QED) is 0.248. The first-order valence-corrected chi connectivity index (χ1v) is 22.6. The average molecular weight is 720 g/mol. The van der Waals surface area contributed by atoms with Gasteiger partial charge < -0.3 is 15.7 Å². The minimum atomic E-state index is -2.93. The van der Waals surface area contributed by atoms with E-state index in [0.717, 1.165) is 37.3 Å². The fraction of sp³-hybridized carbons (Fsp3) is 0.841. The number of benzene rings is 1. The maximum absolute atomic E-state index is 12.6. The van der Waals surface area contributed by atoms with Crippen LogP contribution in [0.15, 0.2) is 24.3 Å². The van der Waals surface area contributed by atoms with Crippen molar-refractivity contribution in [2.24, 2.45) is 69.0 Å². The molecule has 2 N–H and O–H groups in total. The molecule has 0 radical (unpaired) electrons. The number of fused-ring (bicyclic) bond motifs is 8. The Morgan fingerprint density at radius 1 is 0.902 bits per heavy atom. The molecule has 1 aromatic carbocycles. The summed E-state index contributed by atoms with van der Waals surface area (Å²) in [4.78, 5) is 11.6. The summed E-state index contributed by atoms with van der Waals surface area (Å²) in [5.41, 5.74) is 3.02. The Balaban J connectivity index is 0.999. The summed E-state index contributed by atoms with van der Waals surface area (Å²) in [5, 5.41) is 18.4. The summed E-state index contributed by atoms with van der Waals surface area (Å²) in [6, 6.07) is 7.83. The number of sulfone groups is 1. The molecule has 8 rings (SSSR count). The molecule has 284 valence electrons. The number of rotatable bonds is 9. The highest BCUT2D eigenvalue weighted by atomic mass is 32.2. The molecule has 0 spiro atoms. The van der Waals surface area contributed by atoms with Gasteiger partial charge in [0, 0.05) is 10.8 Å². The molecule has 0 aromatic heterocycles. The molecule has 1 saturated heterocycles.